The van der Waals surface area contributed by atoms with Gasteiger partial charge in [0.05, 0.1) is 30.9 Å². The van der Waals surface area contributed by atoms with E-state index in [1.807, 2.05) is 25.1 Å². The minimum absolute atomic E-state index is 0.269. The normalized spacial score (nSPS) is 11.6. The number of ether oxygens (including phenoxy) is 2. The van der Waals surface area contributed by atoms with E-state index in [2.05, 4.69) is 14.7 Å². The molecule has 0 unspecified atom stereocenters. The Morgan fingerprint density at radius 3 is 2.52 bits per heavy atom. The number of sulfonamides is 1. The van der Waals surface area contributed by atoms with Gasteiger partial charge in [-0.05, 0) is 30.0 Å². The number of benzene rings is 2. The number of thiophene rings is 1. The Kier molecular flexibility index (Phi) is 4.93. The van der Waals surface area contributed by atoms with E-state index in [-0.39, 0.29) is 4.21 Å². The van der Waals surface area contributed by atoms with Crippen molar-refractivity contribution in [2.24, 2.45) is 0 Å². The van der Waals surface area contributed by atoms with Crippen molar-refractivity contribution in [1.82, 2.24) is 9.97 Å². The number of nitrogens with zero attached hydrogens (tertiary/aromatic N) is 1. The van der Waals surface area contributed by atoms with Crippen LogP contribution < -0.4 is 14.2 Å². The van der Waals surface area contributed by atoms with Crippen LogP contribution in [0.1, 0.15) is 5.56 Å². The van der Waals surface area contributed by atoms with E-state index in [1.165, 1.54) is 11.3 Å². The molecule has 0 aliphatic carbocycles. The second-order valence-corrected chi connectivity index (χ2v) is 9.23. The van der Waals surface area contributed by atoms with Gasteiger partial charge in [-0.15, -0.1) is 11.3 Å². The Morgan fingerprint density at radius 1 is 1.07 bits per heavy atom. The van der Waals surface area contributed by atoms with Crippen molar-refractivity contribution in [2.45, 2.75) is 11.1 Å². The maximum atomic E-state index is 12.6. The fraction of sp³-hybridized carbons (Fsp3) is 0.150. The van der Waals surface area contributed by atoms with Gasteiger partial charge in [-0.2, -0.15) is 0 Å². The minimum atomic E-state index is -3.63. The Labute approximate surface area is 172 Å². The predicted molar refractivity (Wildman–Crippen MR) is 114 cm³/mol. The standard InChI is InChI=1S/C20H19N3O4S2/c1-12-6-7-13(9-14(12)23-29(24,25)19-5-4-8-28-19)20-21-15-10-17(26-2)18(27-3)11-16(15)22-20/h4-11,23H,1-3H3,(H,21,22). The van der Waals surface area contributed by atoms with Crippen LogP contribution in [0.3, 0.4) is 0 Å². The van der Waals surface area contributed by atoms with Gasteiger partial charge in [0.25, 0.3) is 10.0 Å². The van der Waals surface area contributed by atoms with E-state index in [0.29, 0.717) is 23.0 Å². The first-order valence-electron chi connectivity index (χ1n) is 8.70. The highest BCUT2D eigenvalue weighted by atomic mass is 32.2. The SMILES string of the molecule is COc1cc2nc(-c3ccc(C)c(NS(=O)(=O)c4cccs4)c3)[nH]c2cc1OC. The predicted octanol–water partition coefficient (Wildman–Crippen LogP) is 4.42. The number of anilines is 1. The lowest BCUT2D eigenvalue weighted by molar-refractivity contribution is 0.356. The topological polar surface area (TPSA) is 93.3 Å². The van der Waals surface area contributed by atoms with Gasteiger partial charge in [-0.1, -0.05) is 18.2 Å². The molecule has 0 spiro atoms. The number of nitrogens with one attached hydrogen (secondary N) is 2. The first-order chi connectivity index (χ1) is 13.9. The smallest absolute Gasteiger partial charge is 0.271 e. The minimum Gasteiger partial charge on any atom is -0.493 e. The lowest BCUT2D eigenvalue weighted by Crippen LogP contribution is -2.12. The first-order valence-corrected chi connectivity index (χ1v) is 11.1. The third-order valence-corrected chi connectivity index (χ3v) is 7.27. The van der Waals surface area contributed by atoms with Crippen LogP contribution in [0.5, 0.6) is 11.5 Å². The average molecular weight is 430 g/mol. The third-order valence-electron chi connectivity index (χ3n) is 4.50. The summed E-state index contributed by atoms with van der Waals surface area (Å²) in [7, 11) is -0.480. The molecular formula is C20H19N3O4S2. The van der Waals surface area contributed by atoms with Crippen LogP contribution in [0.25, 0.3) is 22.4 Å². The highest BCUT2D eigenvalue weighted by Gasteiger charge is 2.17. The number of hydrogen-bond donors (Lipinski definition) is 2. The molecule has 4 aromatic rings. The molecule has 0 amide bonds. The van der Waals surface area contributed by atoms with E-state index in [9.17, 15) is 8.42 Å². The van der Waals surface area contributed by atoms with Gasteiger partial charge < -0.3 is 14.5 Å². The van der Waals surface area contributed by atoms with E-state index in [4.69, 9.17) is 9.47 Å². The van der Waals surface area contributed by atoms with Gasteiger partial charge in [-0.3, -0.25) is 4.72 Å². The molecule has 0 aliphatic heterocycles. The summed E-state index contributed by atoms with van der Waals surface area (Å²) in [5.41, 5.74) is 3.59. The summed E-state index contributed by atoms with van der Waals surface area (Å²) in [4.78, 5) is 7.87. The second-order valence-electron chi connectivity index (χ2n) is 6.38. The van der Waals surface area contributed by atoms with Crippen molar-refractivity contribution in [3.8, 4) is 22.9 Å². The van der Waals surface area contributed by atoms with E-state index in [0.717, 1.165) is 22.2 Å². The number of aromatic nitrogens is 2. The lowest BCUT2D eigenvalue weighted by atomic mass is 10.1. The van der Waals surface area contributed by atoms with Gasteiger partial charge in [0.15, 0.2) is 11.5 Å². The second kappa shape index (κ2) is 7.41. The molecule has 9 heteroatoms. The van der Waals surface area contributed by atoms with Gasteiger partial charge in [-0.25, -0.2) is 13.4 Å². The molecular weight excluding hydrogens is 410 g/mol. The zero-order chi connectivity index (χ0) is 20.6. The maximum absolute atomic E-state index is 12.6. The quantitative estimate of drug-likeness (QED) is 0.473. The van der Waals surface area contributed by atoms with Gasteiger partial charge in [0.1, 0.15) is 10.0 Å². The molecule has 0 atom stereocenters. The van der Waals surface area contributed by atoms with Crippen LogP contribution >= 0.6 is 11.3 Å². The van der Waals surface area contributed by atoms with E-state index >= 15 is 0 Å². The molecule has 2 aromatic heterocycles. The summed E-state index contributed by atoms with van der Waals surface area (Å²) < 4.78 is 38.8. The molecule has 0 saturated carbocycles. The Hall–Kier alpha value is -3.04. The van der Waals surface area contributed by atoms with Crippen molar-refractivity contribution in [2.75, 3.05) is 18.9 Å². The first kappa shape index (κ1) is 19.3. The van der Waals surface area contributed by atoms with Crippen LogP contribution in [-0.2, 0) is 10.0 Å². The van der Waals surface area contributed by atoms with Crippen LogP contribution in [0.4, 0.5) is 5.69 Å². The molecule has 150 valence electrons. The molecule has 7 nitrogen and oxygen atoms in total. The van der Waals surface area contributed by atoms with Crippen LogP contribution in [0.2, 0.25) is 0 Å². The summed E-state index contributed by atoms with van der Waals surface area (Å²) >= 11 is 1.17. The van der Waals surface area contributed by atoms with Crippen molar-refractivity contribution in [3.63, 3.8) is 0 Å². The largest absolute Gasteiger partial charge is 0.493 e. The summed E-state index contributed by atoms with van der Waals surface area (Å²) in [5, 5.41) is 1.73. The molecule has 0 saturated heterocycles. The summed E-state index contributed by atoms with van der Waals surface area (Å²) in [5.74, 6) is 1.81. The van der Waals surface area contributed by atoms with Crippen molar-refractivity contribution < 1.29 is 17.9 Å². The maximum Gasteiger partial charge on any atom is 0.271 e. The number of aryl methyl sites for hydroxylation is 1. The Balaban J connectivity index is 1.74. The summed E-state index contributed by atoms with van der Waals surface area (Å²) in [6.45, 7) is 1.85. The van der Waals surface area contributed by atoms with E-state index in [1.54, 1.807) is 43.9 Å². The van der Waals surface area contributed by atoms with Crippen molar-refractivity contribution >= 4 is 38.1 Å². The number of H-pyrrole nitrogens is 1. The Bertz CT molecular complexity index is 1240. The fourth-order valence-electron chi connectivity index (χ4n) is 2.96. The number of methoxy groups -OCH3 is 2. The fourth-order valence-corrected chi connectivity index (χ4v) is 5.08. The highest BCUT2D eigenvalue weighted by molar-refractivity contribution is 7.94. The van der Waals surface area contributed by atoms with Crippen LogP contribution in [0.15, 0.2) is 52.1 Å². The molecule has 2 aromatic carbocycles. The molecule has 0 fully saturated rings. The molecule has 0 aliphatic rings. The lowest BCUT2D eigenvalue weighted by Gasteiger charge is -2.10. The molecule has 2 N–H and O–H groups in total. The zero-order valence-electron chi connectivity index (χ0n) is 16.0. The average Bonchev–Trinajstić information content (AvgIpc) is 3.38. The zero-order valence-corrected chi connectivity index (χ0v) is 17.6. The van der Waals surface area contributed by atoms with Crippen LogP contribution in [-0.4, -0.2) is 32.6 Å². The highest BCUT2D eigenvalue weighted by Crippen LogP contribution is 2.33. The molecule has 0 radical (unpaired) electrons. The summed E-state index contributed by atoms with van der Waals surface area (Å²) in [6.07, 6.45) is 0. The number of rotatable bonds is 6. The van der Waals surface area contributed by atoms with Gasteiger partial charge >= 0.3 is 0 Å². The summed E-state index contributed by atoms with van der Waals surface area (Å²) in [6, 6.07) is 12.4. The Morgan fingerprint density at radius 2 is 1.83 bits per heavy atom. The number of fused-ring (bicyclic) bond motifs is 1. The van der Waals surface area contributed by atoms with Gasteiger partial charge in [0, 0.05) is 17.7 Å². The van der Waals surface area contributed by atoms with E-state index < -0.39 is 10.0 Å². The number of aromatic amines is 1. The van der Waals surface area contributed by atoms with Crippen LogP contribution in [0, 0.1) is 6.92 Å². The van der Waals surface area contributed by atoms with Crippen molar-refractivity contribution in [1.29, 1.82) is 0 Å². The third kappa shape index (κ3) is 3.66. The van der Waals surface area contributed by atoms with Crippen molar-refractivity contribution in [3.05, 3.63) is 53.4 Å². The molecule has 4 rings (SSSR count). The molecule has 29 heavy (non-hydrogen) atoms. The number of hydrogen-bond acceptors (Lipinski definition) is 6. The van der Waals surface area contributed by atoms with Gasteiger partial charge in [0.2, 0.25) is 0 Å². The number of imidazole rings is 1. The molecule has 0 bridgehead atoms. The molecule has 2 heterocycles. The monoisotopic (exact) mass is 429 g/mol.